The van der Waals surface area contributed by atoms with E-state index in [4.69, 9.17) is 14.6 Å². The summed E-state index contributed by atoms with van der Waals surface area (Å²) in [5.74, 6) is -1.32. The Morgan fingerprint density at radius 3 is 2.76 bits per heavy atom. The van der Waals surface area contributed by atoms with E-state index in [-0.39, 0.29) is 19.3 Å². The number of carboxylic acid groups (broad SMARTS) is 1. The molecule has 2 rings (SSSR count). The van der Waals surface area contributed by atoms with Crippen molar-refractivity contribution in [3.05, 3.63) is 24.3 Å². The van der Waals surface area contributed by atoms with Gasteiger partial charge in [0.1, 0.15) is 12.7 Å². The van der Waals surface area contributed by atoms with Gasteiger partial charge >= 0.3 is 11.9 Å². The van der Waals surface area contributed by atoms with Gasteiger partial charge in [0.05, 0.1) is 6.54 Å². The van der Waals surface area contributed by atoms with E-state index in [1.807, 2.05) is 6.07 Å². The number of amides is 1. The standard InChI is InChI=1S/C11H11NO5/c13-10(11(14)15)12-5-7-6-16-8-3-1-2-4-9(8)17-7/h1-4,7H,5-6H2,(H,12,13)(H,14,15). The molecule has 1 unspecified atom stereocenters. The quantitative estimate of drug-likeness (QED) is 0.709. The van der Waals surface area contributed by atoms with Gasteiger partial charge in [-0.1, -0.05) is 12.1 Å². The molecule has 0 aromatic heterocycles. The van der Waals surface area contributed by atoms with Gasteiger partial charge in [0.15, 0.2) is 11.5 Å². The summed E-state index contributed by atoms with van der Waals surface area (Å²) in [6.07, 6.45) is -0.381. The number of hydrogen-bond acceptors (Lipinski definition) is 4. The van der Waals surface area contributed by atoms with Crippen LogP contribution in [0.1, 0.15) is 0 Å². The number of carbonyl (C=O) groups is 2. The van der Waals surface area contributed by atoms with Crippen molar-refractivity contribution in [3.63, 3.8) is 0 Å². The molecule has 2 N–H and O–H groups in total. The number of ether oxygens (including phenoxy) is 2. The first-order valence-corrected chi connectivity index (χ1v) is 5.06. The Kier molecular flexibility index (Phi) is 3.13. The van der Waals surface area contributed by atoms with Crippen molar-refractivity contribution in [2.45, 2.75) is 6.10 Å². The van der Waals surface area contributed by atoms with Crippen molar-refractivity contribution in [2.24, 2.45) is 0 Å². The number of benzene rings is 1. The highest BCUT2D eigenvalue weighted by Crippen LogP contribution is 2.30. The SMILES string of the molecule is O=C(O)C(=O)NCC1COc2ccccc2O1. The van der Waals surface area contributed by atoms with Gasteiger partial charge in [0.2, 0.25) is 0 Å². The molecular formula is C11H11NO5. The highest BCUT2D eigenvalue weighted by Gasteiger charge is 2.22. The zero-order valence-corrected chi connectivity index (χ0v) is 8.88. The third-order valence-electron chi connectivity index (χ3n) is 2.25. The fraction of sp³-hybridized carbons (Fsp3) is 0.273. The number of aliphatic carboxylic acids is 1. The monoisotopic (exact) mass is 237 g/mol. The molecule has 1 atom stereocenters. The van der Waals surface area contributed by atoms with E-state index in [9.17, 15) is 9.59 Å². The molecule has 0 aliphatic carbocycles. The first-order valence-electron chi connectivity index (χ1n) is 5.06. The smallest absolute Gasteiger partial charge is 0.394 e. The summed E-state index contributed by atoms with van der Waals surface area (Å²) in [6.45, 7) is 0.371. The second-order valence-electron chi connectivity index (χ2n) is 3.51. The lowest BCUT2D eigenvalue weighted by Crippen LogP contribution is -2.42. The summed E-state index contributed by atoms with van der Waals surface area (Å²) in [6, 6.07) is 7.16. The summed E-state index contributed by atoms with van der Waals surface area (Å²) >= 11 is 0. The van der Waals surface area contributed by atoms with Crippen LogP contribution in [-0.4, -0.2) is 36.2 Å². The first kappa shape index (κ1) is 11.3. The highest BCUT2D eigenvalue weighted by atomic mass is 16.6. The van der Waals surface area contributed by atoms with Crippen LogP contribution in [0.25, 0.3) is 0 Å². The Morgan fingerprint density at radius 2 is 2.06 bits per heavy atom. The minimum Gasteiger partial charge on any atom is -0.486 e. The molecule has 1 aromatic rings. The Labute approximate surface area is 97.1 Å². The molecule has 90 valence electrons. The molecule has 0 bridgehead atoms. The molecule has 0 spiro atoms. The first-order chi connectivity index (χ1) is 8.16. The van der Waals surface area contributed by atoms with Crippen LogP contribution in [0.3, 0.4) is 0 Å². The van der Waals surface area contributed by atoms with Crippen LogP contribution in [-0.2, 0) is 9.59 Å². The van der Waals surface area contributed by atoms with Crippen molar-refractivity contribution in [3.8, 4) is 11.5 Å². The molecular weight excluding hydrogens is 226 g/mol. The number of carboxylic acids is 1. The molecule has 1 heterocycles. The van der Waals surface area contributed by atoms with Gasteiger partial charge in [0, 0.05) is 0 Å². The maximum absolute atomic E-state index is 10.8. The van der Waals surface area contributed by atoms with Crippen molar-refractivity contribution < 1.29 is 24.2 Å². The van der Waals surface area contributed by atoms with Crippen molar-refractivity contribution >= 4 is 11.9 Å². The van der Waals surface area contributed by atoms with Crippen LogP contribution in [0.4, 0.5) is 0 Å². The van der Waals surface area contributed by atoms with Crippen molar-refractivity contribution in [2.75, 3.05) is 13.2 Å². The predicted molar refractivity (Wildman–Crippen MR) is 57.0 cm³/mol. The number of para-hydroxylation sites is 2. The molecule has 1 amide bonds. The Morgan fingerprint density at radius 1 is 1.35 bits per heavy atom. The number of rotatable bonds is 2. The fourth-order valence-corrected chi connectivity index (χ4v) is 1.45. The third-order valence-corrected chi connectivity index (χ3v) is 2.25. The normalized spacial score (nSPS) is 17.3. The fourth-order valence-electron chi connectivity index (χ4n) is 1.45. The van der Waals surface area contributed by atoms with Gasteiger partial charge in [-0.2, -0.15) is 0 Å². The zero-order chi connectivity index (χ0) is 12.3. The van der Waals surface area contributed by atoms with E-state index < -0.39 is 11.9 Å². The number of nitrogens with one attached hydrogen (secondary N) is 1. The van der Waals surface area contributed by atoms with E-state index in [0.717, 1.165) is 0 Å². The van der Waals surface area contributed by atoms with E-state index >= 15 is 0 Å². The van der Waals surface area contributed by atoms with Gasteiger partial charge < -0.3 is 19.9 Å². The molecule has 0 saturated heterocycles. The second-order valence-corrected chi connectivity index (χ2v) is 3.51. The van der Waals surface area contributed by atoms with Crippen LogP contribution >= 0.6 is 0 Å². The lowest BCUT2D eigenvalue weighted by Gasteiger charge is -2.26. The van der Waals surface area contributed by atoms with Gasteiger partial charge in [0.25, 0.3) is 0 Å². The molecule has 6 nitrogen and oxygen atoms in total. The number of carbonyl (C=O) groups excluding carboxylic acids is 1. The lowest BCUT2D eigenvalue weighted by atomic mass is 10.2. The molecule has 0 saturated carbocycles. The van der Waals surface area contributed by atoms with Gasteiger partial charge in [-0.3, -0.25) is 4.79 Å². The Bertz CT molecular complexity index is 445. The van der Waals surface area contributed by atoms with E-state index in [1.54, 1.807) is 18.2 Å². The highest BCUT2D eigenvalue weighted by molar-refractivity contribution is 6.31. The van der Waals surface area contributed by atoms with Crippen molar-refractivity contribution in [1.29, 1.82) is 0 Å². The average Bonchev–Trinajstić information content (AvgIpc) is 2.35. The van der Waals surface area contributed by atoms with Gasteiger partial charge in [-0.25, -0.2) is 4.79 Å². The second kappa shape index (κ2) is 4.73. The van der Waals surface area contributed by atoms with E-state index in [2.05, 4.69) is 5.32 Å². The van der Waals surface area contributed by atoms with Crippen molar-refractivity contribution in [1.82, 2.24) is 5.32 Å². The van der Waals surface area contributed by atoms with Crippen LogP contribution in [0.5, 0.6) is 11.5 Å². The molecule has 17 heavy (non-hydrogen) atoms. The zero-order valence-electron chi connectivity index (χ0n) is 8.88. The Balaban J connectivity index is 1.90. The number of hydrogen-bond donors (Lipinski definition) is 2. The van der Waals surface area contributed by atoms with E-state index in [0.29, 0.717) is 11.5 Å². The molecule has 1 aliphatic rings. The summed E-state index contributed by atoms with van der Waals surface area (Å²) in [5, 5.41) is 10.6. The maximum Gasteiger partial charge on any atom is 0.394 e. The van der Waals surface area contributed by atoms with Gasteiger partial charge in [-0.05, 0) is 12.1 Å². The average molecular weight is 237 g/mol. The topological polar surface area (TPSA) is 84.9 Å². The van der Waals surface area contributed by atoms with Crippen LogP contribution in [0.15, 0.2) is 24.3 Å². The van der Waals surface area contributed by atoms with Crippen LogP contribution < -0.4 is 14.8 Å². The maximum atomic E-state index is 10.8. The summed E-state index contributed by atoms with van der Waals surface area (Å²) in [5.41, 5.74) is 0. The minimum atomic E-state index is -1.51. The largest absolute Gasteiger partial charge is 0.486 e. The summed E-state index contributed by atoms with van der Waals surface area (Å²) in [4.78, 5) is 21.1. The molecule has 0 fully saturated rings. The number of fused-ring (bicyclic) bond motifs is 1. The molecule has 1 aromatic carbocycles. The predicted octanol–water partition coefficient (Wildman–Crippen LogP) is 0.0272. The molecule has 1 aliphatic heterocycles. The summed E-state index contributed by atoms with van der Waals surface area (Å²) < 4.78 is 10.9. The molecule has 0 radical (unpaired) electrons. The van der Waals surface area contributed by atoms with Crippen LogP contribution in [0, 0.1) is 0 Å². The Hall–Kier alpha value is -2.24. The van der Waals surface area contributed by atoms with Gasteiger partial charge in [-0.15, -0.1) is 0 Å². The summed E-state index contributed by atoms with van der Waals surface area (Å²) in [7, 11) is 0. The van der Waals surface area contributed by atoms with E-state index in [1.165, 1.54) is 0 Å². The third kappa shape index (κ3) is 2.66. The minimum absolute atomic E-state index is 0.0967. The lowest BCUT2D eigenvalue weighted by molar-refractivity contribution is -0.150. The molecule has 6 heteroatoms. The van der Waals surface area contributed by atoms with Crippen LogP contribution in [0.2, 0.25) is 0 Å².